The van der Waals surface area contributed by atoms with E-state index in [1.165, 1.54) is 74.5 Å². The molecular formula is C45H39F6N11O4. The third-order valence-electron chi connectivity index (χ3n) is 10.5. The highest BCUT2D eigenvalue weighted by Gasteiger charge is 2.40. The van der Waals surface area contributed by atoms with E-state index in [4.69, 9.17) is 5.41 Å². The topological polar surface area (TPSA) is 218 Å². The Morgan fingerprint density at radius 1 is 0.606 bits per heavy atom. The summed E-state index contributed by atoms with van der Waals surface area (Å²) in [6, 6.07) is 20.5. The van der Waals surface area contributed by atoms with E-state index in [0.29, 0.717) is 22.3 Å². The second-order valence-electron chi connectivity index (χ2n) is 14.7. The monoisotopic (exact) mass is 911 g/mol. The van der Waals surface area contributed by atoms with Crippen LogP contribution in [0.1, 0.15) is 59.3 Å². The average molecular weight is 912 g/mol. The predicted octanol–water partition coefficient (Wildman–Crippen LogP) is 6.60. The maximum absolute atomic E-state index is 13.8. The maximum atomic E-state index is 13.8. The number of amides is 6. The molecule has 66 heavy (non-hydrogen) atoms. The van der Waals surface area contributed by atoms with Crippen molar-refractivity contribution in [3.63, 3.8) is 0 Å². The van der Waals surface area contributed by atoms with Gasteiger partial charge in [0.05, 0.1) is 69.0 Å². The van der Waals surface area contributed by atoms with Gasteiger partial charge in [0.2, 0.25) is 0 Å². The second kappa shape index (κ2) is 19.6. The number of hydrogen-bond acceptors (Lipinski definition) is 7. The van der Waals surface area contributed by atoms with E-state index in [1.807, 2.05) is 12.1 Å². The van der Waals surface area contributed by atoms with E-state index in [0.717, 1.165) is 46.2 Å². The molecule has 21 heteroatoms. The molecule has 0 aromatic heterocycles. The Morgan fingerprint density at radius 3 is 1.29 bits per heavy atom. The Morgan fingerprint density at radius 2 is 0.955 bits per heavy atom. The van der Waals surface area contributed by atoms with Crippen LogP contribution >= 0.6 is 0 Å². The van der Waals surface area contributed by atoms with Gasteiger partial charge < -0.3 is 31.9 Å². The fraction of sp³-hybridized carbons (Fsp3) is 0.222. The lowest BCUT2D eigenvalue weighted by Crippen LogP contribution is -2.50. The summed E-state index contributed by atoms with van der Waals surface area (Å²) >= 11 is 0. The van der Waals surface area contributed by atoms with Crippen molar-refractivity contribution in [1.29, 1.82) is 15.9 Å². The molecular weight excluding hydrogens is 873 g/mol. The first-order chi connectivity index (χ1) is 31.3. The minimum absolute atomic E-state index is 0.00270. The molecule has 340 valence electrons. The van der Waals surface area contributed by atoms with Crippen LogP contribution in [0.4, 0.5) is 47.3 Å². The number of nitrogens with zero attached hydrogens (tertiary/aromatic N) is 4. The summed E-state index contributed by atoms with van der Waals surface area (Å²) in [6.07, 6.45) is -9.41. The minimum Gasteiger partial charge on any atom is -0.355 e. The summed E-state index contributed by atoms with van der Waals surface area (Å²) in [7, 11) is 0. The molecule has 0 aliphatic carbocycles. The van der Waals surface area contributed by atoms with Gasteiger partial charge in [-0.2, -0.15) is 36.9 Å². The third kappa shape index (κ3) is 10.5. The highest BCUT2D eigenvalue weighted by Crippen LogP contribution is 2.39. The van der Waals surface area contributed by atoms with Crippen molar-refractivity contribution in [3.8, 4) is 12.1 Å². The molecule has 2 heterocycles. The van der Waals surface area contributed by atoms with E-state index in [1.54, 1.807) is 0 Å². The second-order valence-corrected chi connectivity index (χ2v) is 14.7. The van der Waals surface area contributed by atoms with Crippen LogP contribution in [0.25, 0.3) is 0 Å². The molecule has 2 aliphatic rings. The van der Waals surface area contributed by atoms with Gasteiger partial charge in [0.1, 0.15) is 0 Å². The summed E-state index contributed by atoms with van der Waals surface area (Å²) in [5, 5.41) is 43.1. The Bertz CT molecular complexity index is 2520. The van der Waals surface area contributed by atoms with Crippen molar-refractivity contribution in [2.75, 3.05) is 36.0 Å². The van der Waals surface area contributed by atoms with Crippen LogP contribution in [0.2, 0.25) is 0 Å². The largest absolute Gasteiger partial charge is 0.416 e. The highest BCUT2D eigenvalue weighted by molar-refractivity contribution is 6.06. The Kier molecular flexibility index (Phi) is 14.0. The Hall–Kier alpha value is -8.33. The van der Waals surface area contributed by atoms with Gasteiger partial charge in [0.15, 0.2) is 5.96 Å². The van der Waals surface area contributed by atoms with Gasteiger partial charge in [-0.05, 0) is 85.6 Å². The number of allylic oxidation sites excluding steroid dienone is 2. The quantitative estimate of drug-likeness (QED) is 0.0355. The number of carbonyl (C=O) groups excluding carboxylic acids is 4. The Balaban J connectivity index is 1.10. The average Bonchev–Trinajstić information content (AvgIpc) is 3.28. The van der Waals surface area contributed by atoms with Crippen molar-refractivity contribution in [2.24, 2.45) is 0 Å². The molecule has 0 saturated heterocycles. The molecule has 4 aromatic carbocycles. The molecule has 7 N–H and O–H groups in total. The van der Waals surface area contributed by atoms with Crippen LogP contribution in [0.3, 0.4) is 0 Å². The first kappa shape index (κ1) is 47.2. The van der Waals surface area contributed by atoms with Gasteiger partial charge in [-0.25, -0.2) is 9.59 Å². The standard InChI is InChI=1S/C45H39F6N11O4/c1-25-35(37(29-13-9-27(23-52)10-14-29)59-42(65)61(25)33-7-3-5-31(21-33)44(46,47)48)39(63)55-17-19-57-41(54)58-20-18-56-40(64)36-26(2)62(34-8-4-6-32(22-34)45(49,50)51)43(66)60-38(36)30-15-11-28(24-53)12-16-30/h3-16,21-22,37-38H,17-20H2,1-2H3,(H,55,63)(H,56,64)(H,59,65)(H,60,66)(H3,54,57,58)/t37-,38-/m1/s1. The number of anilines is 2. The SMILES string of the molecule is CC1=C(C(=O)NCCNC(=N)NCCNC(=O)C2=C(C)N(c3cccc(C(F)(F)F)c3)C(=O)N[C@@H]2c2ccc(C#N)cc2)[C@@H](c2ccc(C#N)cc2)NC(=O)N1c1cccc(C(F)(F)F)c1. The molecule has 15 nitrogen and oxygen atoms in total. The summed E-state index contributed by atoms with van der Waals surface area (Å²) in [6.45, 7) is 2.67. The van der Waals surface area contributed by atoms with Crippen molar-refractivity contribution in [3.05, 3.63) is 153 Å². The zero-order valence-corrected chi connectivity index (χ0v) is 34.9. The first-order valence-corrected chi connectivity index (χ1v) is 19.9. The number of halogens is 6. The van der Waals surface area contributed by atoms with Crippen molar-refractivity contribution >= 4 is 41.2 Å². The van der Waals surface area contributed by atoms with Crippen LogP contribution in [-0.4, -0.2) is 56.0 Å². The zero-order valence-electron chi connectivity index (χ0n) is 34.9. The number of nitriles is 2. The number of guanidine groups is 1. The predicted molar refractivity (Wildman–Crippen MR) is 228 cm³/mol. The lowest BCUT2D eigenvalue weighted by Gasteiger charge is -2.36. The highest BCUT2D eigenvalue weighted by atomic mass is 19.4. The molecule has 2 atom stereocenters. The lowest BCUT2D eigenvalue weighted by molar-refractivity contribution is -0.138. The fourth-order valence-electron chi connectivity index (χ4n) is 7.32. The van der Waals surface area contributed by atoms with E-state index in [2.05, 4.69) is 31.9 Å². The number of carbonyl (C=O) groups is 4. The lowest BCUT2D eigenvalue weighted by atomic mass is 9.93. The molecule has 6 amide bonds. The third-order valence-corrected chi connectivity index (χ3v) is 10.5. The van der Waals surface area contributed by atoms with Crippen molar-refractivity contribution < 1.29 is 45.5 Å². The summed E-state index contributed by atoms with van der Waals surface area (Å²) < 4.78 is 81.6. The number of nitrogens with one attached hydrogen (secondary N) is 7. The van der Waals surface area contributed by atoms with Gasteiger partial charge >= 0.3 is 24.4 Å². The molecule has 0 radical (unpaired) electrons. The summed E-state index contributed by atoms with van der Waals surface area (Å²) in [4.78, 5) is 56.4. The van der Waals surface area contributed by atoms with Gasteiger partial charge in [0, 0.05) is 37.6 Å². The number of hydrogen-bond donors (Lipinski definition) is 7. The number of benzene rings is 4. The molecule has 6 rings (SSSR count). The van der Waals surface area contributed by atoms with Crippen molar-refractivity contribution in [2.45, 2.75) is 38.3 Å². The van der Waals surface area contributed by atoms with Gasteiger partial charge in [-0.3, -0.25) is 24.8 Å². The zero-order chi connectivity index (χ0) is 47.9. The van der Waals surface area contributed by atoms with Gasteiger partial charge in [-0.1, -0.05) is 36.4 Å². The molecule has 0 unspecified atom stereocenters. The van der Waals surface area contributed by atoms with Gasteiger partial charge in [-0.15, -0.1) is 0 Å². The van der Waals surface area contributed by atoms with E-state index >= 15 is 0 Å². The molecule has 4 aromatic rings. The summed E-state index contributed by atoms with van der Waals surface area (Å²) in [5.74, 6) is -1.58. The maximum Gasteiger partial charge on any atom is 0.416 e. The summed E-state index contributed by atoms with van der Waals surface area (Å²) in [5.41, 5.74) is -0.728. The minimum atomic E-state index is -4.71. The van der Waals surface area contributed by atoms with E-state index in [-0.39, 0.29) is 66.1 Å². The first-order valence-electron chi connectivity index (χ1n) is 19.9. The van der Waals surface area contributed by atoms with Crippen LogP contribution in [0, 0.1) is 28.1 Å². The molecule has 0 spiro atoms. The Labute approximate surface area is 373 Å². The number of alkyl halides is 6. The molecule has 0 saturated carbocycles. The van der Waals surface area contributed by atoms with Crippen LogP contribution in [0.5, 0.6) is 0 Å². The van der Waals surface area contributed by atoms with Crippen LogP contribution < -0.4 is 41.7 Å². The van der Waals surface area contributed by atoms with Gasteiger partial charge in [0.25, 0.3) is 11.8 Å². The van der Waals surface area contributed by atoms with E-state index < -0.39 is 59.4 Å². The fourth-order valence-corrected chi connectivity index (χ4v) is 7.32. The van der Waals surface area contributed by atoms with Crippen LogP contribution in [0.15, 0.2) is 120 Å². The molecule has 0 bridgehead atoms. The van der Waals surface area contributed by atoms with Crippen LogP contribution in [-0.2, 0) is 21.9 Å². The molecule has 2 aliphatic heterocycles. The smallest absolute Gasteiger partial charge is 0.355 e. The normalized spacial score (nSPS) is 16.4. The van der Waals surface area contributed by atoms with Crippen molar-refractivity contribution in [1.82, 2.24) is 31.9 Å². The van der Waals surface area contributed by atoms with E-state index in [9.17, 15) is 56.0 Å². The number of urea groups is 2. The molecule has 0 fully saturated rings. The number of rotatable bonds is 12.